The first kappa shape index (κ1) is 25.6. The van der Waals surface area contributed by atoms with Crippen LogP contribution >= 0.6 is 22.6 Å². The van der Waals surface area contributed by atoms with E-state index in [1.165, 1.54) is 59.0 Å². The van der Waals surface area contributed by atoms with Gasteiger partial charge in [-0.1, -0.05) is 52.9 Å². The van der Waals surface area contributed by atoms with E-state index in [1.807, 2.05) is 0 Å². The maximum atomic E-state index is 14.1. The molecule has 2 nitrogen and oxygen atoms in total. The van der Waals surface area contributed by atoms with E-state index < -0.39 is 40.3 Å². The summed E-state index contributed by atoms with van der Waals surface area (Å²) in [5.74, 6) is -7.85. The van der Waals surface area contributed by atoms with Crippen molar-refractivity contribution in [3.05, 3.63) is 41.5 Å². The van der Waals surface area contributed by atoms with Crippen molar-refractivity contribution in [1.82, 2.24) is 0 Å². The van der Waals surface area contributed by atoms with Crippen LogP contribution in [0.3, 0.4) is 0 Å². The summed E-state index contributed by atoms with van der Waals surface area (Å²) in [6, 6.07) is 5.71. The van der Waals surface area contributed by atoms with Crippen molar-refractivity contribution in [3.8, 4) is 0 Å². The Balaban J connectivity index is 2.89. The van der Waals surface area contributed by atoms with Crippen LogP contribution in [0, 0.1) is 0 Å². The van der Waals surface area contributed by atoms with Gasteiger partial charge in [0, 0.05) is 10.3 Å². The first-order chi connectivity index (χ1) is 13.0. The van der Waals surface area contributed by atoms with Crippen LogP contribution in [0.2, 0.25) is 0 Å². The van der Waals surface area contributed by atoms with Gasteiger partial charge in [-0.15, -0.1) is 0 Å². The number of rotatable bonds is 8. The molecule has 0 bridgehead atoms. The molecular formula is C17H14F9IO2. The number of carbonyl (C=O) groups is 1. The molecule has 0 saturated carbocycles. The summed E-state index contributed by atoms with van der Waals surface area (Å²) in [5.41, 5.74) is -5.59. The summed E-state index contributed by atoms with van der Waals surface area (Å²) in [4.78, 5) is 11.0. The molecule has 29 heavy (non-hydrogen) atoms. The average Bonchev–Trinajstić information content (AvgIpc) is 2.56. The first-order valence-electron chi connectivity index (χ1n) is 7.87. The molecule has 164 valence electrons. The highest BCUT2D eigenvalue weighted by Crippen LogP contribution is 2.55. The maximum absolute atomic E-state index is 14.1. The molecule has 0 heterocycles. The van der Waals surface area contributed by atoms with Gasteiger partial charge in [-0.2, -0.15) is 35.1 Å². The molecule has 0 aliphatic rings. The van der Waals surface area contributed by atoms with Crippen molar-refractivity contribution in [2.75, 3.05) is 0 Å². The monoisotopic (exact) mass is 548 g/mol. The van der Waals surface area contributed by atoms with Gasteiger partial charge in [0.25, 0.3) is 5.67 Å². The Labute approximate surface area is 172 Å². The highest BCUT2D eigenvalue weighted by Gasteiger charge is 2.80. The predicted octanol–water partition coefficient (Wildman–Crippen LogP) is 6.84. The Kier molecular flexibility index (Phi) is 8.05. The second-order valence-electron chi connectivity index (χ2n) is 6.04. The molecule has 1 aromatic rings. The van der Waals surface area contributed by atoms with Crippen LogP contribution in [-0.4, -0.2) is 38.9 Å². The number of hydrogen-bond donors (Lipinski definition) is 1. The molecule has 2 atom stereocenters. The molecule has 0 radical (unpaired) electrons. The molecule has 0 aliphatic carbocycles. The number of hydrogen-bond acceptors (Lipinski definition) is 1. The van der Waals surface area contributed by atoms with E-state index in [-0.39, 0.29) is 24.0 Å². The second-order valence-corrected chi connectivity index (χ2v) is 7.81. The second kappa shape index (κ2) is 9.13. The normalized spacial score (nSPS) is 16.6. The number of carboxylic acids is 1. The molecule has 0 fully saturated rings. The summed E-state index contributed by atoms with van der Waals surface area (Å²) >= 11 is 1.18. The predicted molar refractivity (Wildman–Crippen MR) is 95.0 cm³/mol. The van der Waals surface area contributed by atoms with E-state index in [0.717, 1.165) is 0 Å². The van der Waals surface area contributed by atoms with Gasteiger partial charge in [0.15, 0.2) is 0 Å². The molecule has 1 rings (SSSR count). The Morgan fingerprint density at radius 2 is 1.55 bits per heavy atom. The molecule has 0 saturated heterocycles. The van der Waals surface area contributed by atoms with Crippen LogP contribution in [0.5, 0.6) is 0 Å². The standard InChI is InChI=1S/C17H14F9IO2/c18-14(16(21,22)23,15(19,20)17(24,25)26)9-11(27)7-3-1-5-10-6-2-4-8-12(10)13(28)29/h1-2,4-6,8,11H,3,7,9H2,(H,28,29). The highest BCUT2D eigenvalue weighted by atomic mass is 127. The SMILES string of the molecule is O=C(O)c1ccccc1C=CCCC(I)CC(F)(C(F)(F)F)C(F)(F)C(F)(F)F. The molecular weight excluding hydrogens is 534 g/mol. The number of alkyl halides is 10. The number of allylic oxidation sites excluding steroid dienone is 1. The van der Waals surface area contributed by atoms with E-state index >= 15 is 0 Å². The topological polar surface area (TPSA) is 37.3 Å². The zero-order chi connectivity index (χ0) is 22.7. The van der Waals surface area contributed by atoms with Crippen molar-refractivity contribution in [1.29, 1.82) is 0 Å². The molecule has 0 aliphatic heterocycles. The number of carboxylic acid groups (broad SMARTS) is 1. The molecule has 0 amide bonds. The number of benzene rings is 1. The van der Waals surface area contributed by atoms with Crippen molar-refractivity contribution in [2.24, 2.45) is 0 Å². The van der Waals surface area contributed by atoms with Gasteiger partial charge >= 0.3 is 24.2 Å². The third-order valence-corrected chi connectivity index (χ3v) is 5.00. The summed E-state index contributed by atoms with van der Waals surface area (Å²) in [5, 5.41) is 9.01. The van der Waals surface area contributed by atoms with Crippen molar-refractivity contribution < 1.29 is 49.4 Å². The summed E-state index contributed by atoms with van der Waals surface area (Å²) in [7, 11) is 0. The molecule has 0 aromatic heterocycles. The van der Waals surface area contributed by atoms with Crippen molar-refractivity contribution >= 4 is 34.6 Å². The molecule has 2 unspecified atom stereocenters. The van der Waals surface area contributed by atoms with Crippen LogP contribution in [0.4, 0.5) is 39.5 Å². The third-order valence-electron chi connectivity index (χ3n) is 3.94. The van der Waals surface area contributed by atoms with Gasteiger partial charge in [-0.25, -0.2) is 9.18 Å². The van der Waals surface area contributed by atoms with E-state index in [1.54, 1.807) is 0 Å². The van der Waals surface area contributed by atoms with Gasteiger partial charge < -0.3 is 5.11 Å². The van der Waals surface area contributed by atoms with Crippen LogP contribution in [0.15, 0.2) is 30.3 Å². The van der Waals surface area contributed by atoms with E-state index in [0.29, 0.717) is 0 Å². The summed E-state index contributed by atoms with van der Waals surface area (Å²) in [6.07, 6.45) is -13.1. The van der Waals surface area contributed by atoms with Crippen molar-refractivity contribution in [3.63, 3.8) is 0 Å². The minimum atomic E-state index is -6.71. The van der Waals surface area contributed by atoms with Crippen molar-refractivity contribution in [2.45, 2.75) is 47.1 Å². The van der Waals surface area contributed by atoms with Gasteiger partial charge in [-0.3, -0.25) is 0 Å². The van der Waals surface area contributed by atoms with E-state index in [9.17, 15) is 44.3 Å². The molecule has 1 N–H and O–H groups in total. The minimum absolute atomic E-state index is 0.0700. The lowest BCUT2D eigenvalue weighted by molar-refractivity contribution is -0.384. The third kappa shape index (κ3) is 5.79. The Hall–Kier alpha value is -1.47. The minimum Gasteiger partial charge on any atom is -0.478 e. The Bertz CT molecular complexity index is 743. The van der Waals surface area contributed by atoms with Gasteiger partial charge in [0.2, 0.25) is 0 Å². The van der Waals surface area contributed by atoms with E-state index in [4.69, 9.17) is 5.11 Å². The fourth-order valence-corrected chi connectivity index (χ4v) is 3.34. The quantitative estimate of drug-likeness (QED) is 0.220. The van der Waals surface area contributed by atoms with Gasteiger partial charge in [0.1, 0.15) is 0 Å². The zero-order valence-electron chi connectivity index (χ0n) is 14.3. The average molecular weight is 548 g/mol. The lowest BCUT2D eigenvalue weighted by Crippen LogP contribution is -2.62. The highest BCUT2D eigenvalue weighted by molar-refractivity contribution is 14.1. The molecule has 0 spiro atoms. The Morgan fingerprint density at radius 3 is 2.03 bits per heavy atom. The smallest absolute Gasteiger partial charge is 0.457 e. The molecule has 1 aromatic carbocycles. The lowest BCUT2D eigenvalue weighted by Gasteiger charge is -2.37. The van der Waals surface area contributed by atoms with Crippen LogP contribution in [0.1, 0.15) is 35.2 Å². The lowest BCUT2D eigenvalue weighted by atomic mass is 9.89. The molecule has 12 heteroatoms. The summed E-state index contributed by atoms with van der Waals surface area (Å²) < 4.78 is 115. The largest absolute Gasteiger partial charge is 0.478 e. The number of halogens is 10. The summed E-state index contributed by atoms with van der Waals surface area (Å²) in [6.45, 7) is 0. The van der Waals surface area contributed by atoms with Gasteiger partial charge in [0.05, 0.1) is 5.56 Å². The van der Waals surface area contributed by atoms with Crippen LogP contribution in [-0.2, 0) is 0 Å². The Morgan fingerprint density at radius 1 is 1.00 bits per heavy atom. The fourth-order valence-electron chi connectivity index (χ4n) is 2.38. The number of aromatic carboxylic acids is 1. The maximum Gasteiger partial charge on any atom is 0.457 e. The zero-order valence-corrected chi connectivity index (χ0v) is 16.5. The fraction of sp³-hybridized carbons (Fsp3) is 0.471. The van der Waals surface area contributed by atoms with Crippen LogP contribution in [0.25, 0.3) is 6.08 Å². The first-order valence-corrected chi connectivity index (χ1v) is 9.12. The van der Waals surface area contributed by atoms with Gasteiger partial charge in [-0.05, 0) is 24.5 Å². The van der Waals surface area contributed by atoms with E-state index in [2.05, 4.69) is 0 Å². The van der Waals surface area contributed by atoms with Crippen LogP contribution < -0.4 is 0 Å².